The van der Waals surface area contributed by atoms with E-state index in [0.717, 1.165) is 16.8 Å². The average molecular weight is 302 g/mol. The first-order valence-electron chi connectivity index (χ1n) is 7.05. The van der Waals surface area contributed by atoms with Gasteiger partial charge in [0.2, 0.25) is 0 Å². The van der Waals surface area contributed by atoms with Gasteiger partial charge in [0.25, 0.3) is 0 Å². The van der Waals surface area contributed by atoms with Gasteiger partial charge < -0.3 is 10.4 Å². The lowest BCUT2D eigenvalue weighted by Crippen LogP contribution is -1.97. The highest BCUT2D eigenvalue weighted by atomic mass is 16.3. The van der Waals surface area contributed by atoms with Gasteiger partial charge in [-0.05, 0) is 31.2 Å². The Bertz CT molecular complexity index is 865. The topological polar surface area (TPSA) is 81.8 Å². The van der Waals surface area contributed by atoms with Crippen LogP contribution in [-0.2, 0) is 0 Å². The molecule has 0 saturated heterocycles. The molecule has 23 heavy (non-hydrogen) atoms. The van der Waals surface area contributed by atoms with Crippen LogP contribution >= 0.6 is 0 Å². The monoisotopic (exact) mass is 302 g/mol. The van der Waals surface area contributed by atoms with Gasteiger partial charge in [-0.1, -0.05) is 29.8 Å². The number of nitrogens with one attached hydrogen (secondary N) is 1. The van der Waals surface area contributed by atoms with Crippen LogP contribution in [-0.4, -0.2) is 15.1 Å². The normalized spacial score (nSPS) is 10.1. The predicted octanol–water partition coefficient (Wildman–Crippen LogP) is 3.77. The van der Waals surface area contributed by atoms with Gasteiger partial charge in [-0.25, -0.2) is 9.97 Å². The van der Waals surface area contributed by atoms with Gasteiger partial charge in [-0.15, -0.1) is 0 Å². The zero-order valence-corrected chi connectivity index (χ0v) is 12.5. The number of anilines is 2. The van der Waals surface area contributed by atoms with Crippen LogP contribution in [0.5, 0.6) is 5.75 Å². The summed E-state index contributed by atoms with van der Waals surface area (Å²) in [4.78, 5) is 8.25. The van der Waals surface area contributed by atoms with E-state index in [9.17, 15) is 5.11 Å². The molecule has 0 aliphatic heterocycles. The van der Waals surface area contributed by atoms with E-state index in [-0.39, 0.29) is 5.75 Å². The van der Waals surface area contributed by atoms with E-state index in [1.165, 1.54) is 6.33 Å². The second-order valence-electron chi connectivity index (χ2n) is 5.10. The van der Waals surface area contributed by atoms with Gasteiger partial charge in [0, 0.05) is 11.3 Å². The molecule has 0 amide bonds. The molecule has 0 aliphatic rings. The SMILES string of the molecule is Cc1ccc(-c2ncnc(Nc3ccc(C#N)cc3)c2O)cc1. The Kier molecular flexibility index (Phi) is 3.89. The number of aromatic hydroxyl groups is 1. The summed E-state index contributed by atoms with van der Waals surface area (Å²) in [7, 11) is 0. The quantitative estimate of drug-likeness (QED) is 0.769. The lowest BCUT2D eigenvalue weighted by Gasteiger charge is -2.10. The third-order valence-corrected chi connectivity index (χ3v) is 3.42. The third-order valence-electron chi connectivity index (χ3n) is 3.42. The minimum absolute atomic E-state index is 0.0132. The van der Waals surface area contributed by atoms with Crippen LogP contribution < -0.4 is 5.32 Å². The van der Waals surface area contributed by atoms with E-state index in [4.69, 9.17) is 5.26 Å². The summed E-state index contributed by atoms with van der Waals surface area (Å²) in [5.74, 6) is 0.306. The van der Waals surface area contributed by atoms with Gasteiger partial charge >= 0.3 is 0 Å². The van der Waals surface area contributed by atoms with Crippen molar-refractivity contribution in [2.24, 2.45) is 0 Å². The Labute approximate surface area is 133 Å². The van der Waals surface area contributed by atoms with E-state index in [2.05, 4.69) is 21.4 Å². The fourth-order valence-corrected chi connectivity index (χ4v) is 2.16. The minimum atomic E-state index is -0.0132. The largest absolute Gasteiger partial charge is 0.503 e. The van der Waals surface area contributed by atoms with Crippen LogP contribution in [0.3, 0.4) is 0 Å². The molecule has 0 atom stereocenters. The van der Waals surface area contributed by atoms with Gasteiger partial charge in [0.15, 0.2) is 11.6 Å². The molecule has 5 nitrogen and oxygen atoms in total. The Morgan fingerprint density at radius 2 is 1.70 bits per heavy atom. The van der Waals surface area contributed by atoms with Crippen molar-refractivity contribution in [1.29, 1.82) is 5.26 Å². The van der Waals surface area contributed by atoms with Crippen LogP contribution in [0, 0.1) is 18.3 Å². The molecule has 0 saturated carbocycles. The smallest absolute Gasteiger partial charge is 0.185 e. The summed E-state index contributed by atoms with van der Waals surface area (Å²) in [6, 6.07) is 16.7. The summed E-state index contributed by atoms with van der Waals surface area (Å²) in [5, 5.41) is 22.3. The second kappa shape index (κ2) is 6.16. The number of aryl methyl sites for hydroxylation is 1. The van der Waals surface area contributed by atoms with E-state index in [1.807, 2.05) is 31.2 Å². The minimum Gasteiger partial charge on any atom is -0.503 e. The second-order valence-corrected chi connectivity index (χ2v) is 5.10. The molecule has 2 aromatic carbocycles. The molecule has 1 heterocycles. The Hall–Kier alpha value is -3.39. The zero-order chi connectivity index (χ0) is 16.2. The van der Waals surface area contributed by atoms with E-state index in [0.29, 0.717) is 17.1 Å². The van der Waals surface area contributed by atoms with Crippen molar-refractivity contribution in [2.75, 3.05) is 5.32 Å². The molecule has 1 aromatic heterocycles. The molecular weight excluding hydrogens is 288 g/mol. The fourth-order valence-electron chi connectivity index (χ4n) is 2.16. The van der Waals surface area contributed by atoms with Crippen molar-refractivity contribution in [3.8, 4) is 23.1 Å². The van der Waals surface area contributed by atoms with Crippen LogP contribution in [0.1, 0.15) is 11.1 Å². The highest BCUT2D eigenvalue weighted by molar-refractivity contribution is 5.74. The Morgan fingerprint density at radius 1 is 1.00 bits per heavy atom. The fraction of sp³-hybridized carbons (Fsp3) is 0.0556. The molecule has 5 heteroatoms. The summed E-state index contributed by atoms with van der Waals surface area (Å²) in [6.07, 6.45) is 1.40. The molecule has 0 aliphatic carbocycles. The summed E-state index contributed by atoms with van der Waals surface area (Å²) in [5.41, 5.74) is 3.73. The molecule has 2 N–H and O–H groups in total. The number of hydrogen-bond acceptors (Lipinski definition) is 5. The Balaban J connectivity index is 1.93. The molecule has 3 aromatic rings. The number of nitrogens with zero attached hydrogens (tertiary/aromatic N) is 3. The van der Waals surface area contributed by atoms with E-state index in [1.54, 1.807) is 24.3 Å². The van der Waals surface area contributed by atoms with Crippen molar-refractivity contribution in [1.82, 2.24) is 9.97 Å². The summed E-state index contributed by atoms with van der Waals surface area (Å²) < 4.78 is 0. The van der Waals surface area contributed by atoms with Crippen molar-refractivity contribution < 1.29 is 5.11 Å². The van der Waals surface area contributed by atoms with Crippen molar-refractivity contribution in [2.45, 2.75) is 6.92 Å². The molecule has 112 valence electrons. The first kappa shape index (κ1) is 14.5. The molecule has 0 bridgehead atoms. The van der Waals surface area contributed by atoms with Crippen LogP contribution in [0.25, 0.3) is 11.3 Å². The first-order valence-corrected chi connectivity index (χ1v) is 7.05. The lowest BCUT2D eigenvalue weighted by molar-refractivity contribution is 0.475. The molecule has 3 rings (SSSR count). The molecular formula is C18H14N4O. The van der Waals surface area contributed by atoms with Crippen LogP contribution in [0.2, 0.25) is 0 Å². The maximum atomic E-state index is 10.4. The van der Waals surface area contributed by atoms with Crippen molar-refractivity contribution in [3.63, 3.8) is 0 Å². The predicted molar refractivity (Wildman–Crippen MR) is 88.3 cm³/mol. The van der Waals surface area contributed by atoms with E-state index < -0.39 is 0 Å². The number of aromatic nitrogens is 2. The standard InChI is InChI=1S/C18H14N4O/c1-12-2-6-14(7-3-12)16-17(23)18(21-11-20-16)22-15-8-4-13(10-19)5-9-15/h2-9,11,23H,1H3,(H,20,21,22). The summed E-state index contributed by atoms with van der Waals surface area (Å²) >= 11 is 0. The first-order chi connectivity index (χ1) is 11.2. The molecule has 0 spiro atoms. The average Bonchev–Trinajstić information content (AvgIpc) is 2.58. The van der Waals surface area contributed by atoms with Gasteiger partial charge in [0.05, 0.1) is 11.6 Å². The van der Waals surface area contributed by atoms with Crippen LogP contribution in [0.4, 0.5) is 11.5 Å². The van der Waals surface area contributed by atoms with Gasteiger partial charge in [0.1, 0.15) is 12.0 Å². The van der Waals surface area contributed by atoms with E-state index >= 15 is 0 Å². The van der Waals surface area contributed by atoms with Gasteiger partial charge in [-0.3, -0.25) is 0 Å². The molecule has 0 radical (unpaired) electrons. The van der Waals surface area contributed by atoms with Crippen LogP contribution in [0.15, 0.2) is 54.9 Å². The number of benzene rings is 2. The van der Waals surface area contributed by atoms with Gasteiger partial charge in [-0.2, -0.15) is 5.26 Å². The maximum absolute atomic E-state index is 10.4. The van der Waals surface area contributed by atoms with Crippen molar-refractivity contribution >= 4 is 11.5 Å². The summed E-state index contributed by atoms with van der Waals surface area (Å²) in [6.45, 7) is 2.00. The lowest BCUT2D eigenvalue weighted by atomic mass is 10.1. The number of hydrogen-bond donors (Lipinski definition) is 2. The molecule has 0 fully saturated rings. The Morgan fingerprint density at radius 3 is 2.35 bits per heavy atom. The third kappa shape index (κ3) is 3.11. The van der Waals surface area contributed by atoms with Crippen molar-refractivity contribution in [3.05, 3.63) is 66.0 Å². The number of nitriles is 1. The highest BCUT2D eigenvalue weighted by Crippen LogP contribution is 2.33. The molecule has 0 unspecified atom stereocenters. The number of rotatable bonds is 3. The highest BCUT2D eigenvalue weighted by Gasteiger charge is 2.12. The zero-order valence-electron chi connectivity index (χ0n) is 12.5. The maximum Gasteiger partial charge on any atom is 0.185 e.